The molecule has 3 heteroatoms. The SMILES string of the molecule is CC(C)NC(=N)CN. The predicted octanol–water partition coefficient (Wildman–Crippen LogP) is -0.0796. The highest BCUT2D eigenvalue weighted by atomic mass is 15.0. The average Bonchev–Trinajstić information content (AvgIpc) is 1.65. The van der Waals surface area contributed by atoms with Gasteiger partial charge in [0.1, 0.15) is 5.84 Å². The highest BCUT2D eigenvalue weighted by Crippen LogP contribution is 1.73. The van der Waals surface area contributed by atoms with Gasteiger partial charge in [-0.25, -0.2) is 0 Å². The van der Waals surface area contributed by atoms with Crippen molar-refractivity contribution in [1.29, 1.82) is 5.41 Å². The van der Waals surface area contributed by atoms with Gasteiger partial charge in [-0.3, -0.25) is 5.41 Å². The summed E-state index contributed by atoms with van der Waals surface area (Å²) >= 11 is 0. The normalized spacial score (nSPS) is 9.50. The van der Waals surface area contributed by atoms with Crippen LogP contribution in [0.2, 0.25) is 0 Å². The average molecular weight is 115 g/mol. The fourth-order valence-electron chi connectivity index (χ4n) is 0.407. The monoisotopic (exact) mass is 115 g/mol. The molecule has 0 aliphatic rings. The lowest BCUT2D eigenvalue weighted by Gasteiger charge is -2.07. The number of nitrogens with one attached hydrogen (secondary N) is 2. The van der Waals surface area contributed by atoms with E-state index in [2.05, 4.69) is 5.32 Å². The number of amidine groups is 1. The van der Waals surface area contributed by atoms with Crippen LogP contribution < -0.4 is 11.1 Å². The molecule has 0 rings (SSSR count). The first kappa shape index (κ1) is 7.43. The van der Waals surface area contributed by atoms with E-state index in [1.807, 2.05) is 13.8 Å². The first-order valence-electron chi connectivity index (χ1n) is 2.71. The summed E-state index contributed by atoms with van der Waals surface area (Å²) in [5, 5.41) is 9.88. The van der Waals surface area contributed by atoms with Crippen molar-refractivity contribution in [3.63, 3.8) is 0 Å². The Morgan fingerprint density at radius 2 is 2.25 bits per heavy atom. The van der Waals surface area contributed by atoms with E-state index in [1.165, 1.54) is 0 Å². The molecule has 0 unspecified atom stereocenters. The van der Waals surface area contributed by atoms with Crippen LogP contribution in [-0.2, 0) is 0 Å². The molecule has 0 bridgehead atoms. The quantitative estimate of drug-likeness (QED) is 0.348. The Labute approximate surface area is 49.8 Å². The maximum Gasteiger partial charge on any atom is 0.107 e. The number of hydrogen-bond acceptors (Lipinski definition) is 2. The minimum Gasteiger partial charge on any atom is -0.371 e. The molecule has 0 atom stereocenters. The lowest BCUT2D eigenvalue weighted by Crippen LogP contribution is -2.34. The van der Waals surface area contributed by atoms with Gasteiger partial charge in [0.05, 0.1) is 6.54 Å². The summed E-state index contributed by atoms with van der Waals surface area (Å²) in [5.74, 6) is 0.403. The van der Waals surface area contributed by atoms with Gasteiger partial charge in [0.2, 0.25) is 0 Å². The van der Waals surface area contributed by atoms with E-state index in [9.17, 15) is 0 Å². The number of nitrogens with two attached hydrogens (primary N) is 1. The van der Waals surface area contributed by atoms with Crippen LogP contribution >= 0.6 is 0 Å². The fraction of sp³-hybridized carbons (Fsp3) is 0.800. The van der Waals surface area contributed by atoms with E-state index in [0.29, 0.717) is 18.4 Å². The Morgan fingerprint density at radius 1 is 1.75 bits per heavy atom. The van der Waals surface area contributed by atoms with Crippen LogP contribution in [0, 0.1) is 5.41 Å². The van der Waals surface area contributed by atoms with E-state index < -0.39 is 0 Å². The molecule has 0 aromatic heterocycles. The Morgan fingerprint density at radius 3 is 2.38 bits per heavy atom. The number of hydrogen-bond donors (Lipinski definition) is 3. The van der Waals surface area contributed by atoms with Gasteiger partial charge in [-0.1, -0.05) is 0 Å². The maximum absolute atomic E-state index is 7.03. The lowest BCUT2D eigenvalue weighted by molar-refractivity contribution is 0.722. The predicted molar refractivity (Wildman–Crippen MR) is 35.1 cm³/mol. The van der Waals surface area contributed by atoms with Crippen molar-refractivity contribution in [3.8, 4) is 0 Å². The molecule has 0 saturated heterocycles. The van der Waals surface area contributed by atoms with Gasteiger partial charge >= 0.3 is 0 Å². The van der Waals surface area contributed by atoms with Crippen molar-refractivity contribution in [2.75, 3.05) is 6.54 Å². The molecule has 0 radical (unpaired) electrons. The van der Waals surface area contributed by atoms with Crippen molar-refractivity contribution in [2.24, 2.45) is 5.73 Å². The standard InChI is InChI=1S/C5H13N3/c1-4(2)8-5(7)3-6/h4H,3,6H2,1-2H3,(H2,7,8). The minimum atomic E-state index is 0.304. The van der Waals surface area contributed by atoms with Gasteiger partial charge in [0, 0.05) is 6.04 Å². The molecule has 0 aliphatic carbocycles. The van der Waals surface area contributed by atoms with Crippen molar-refractivity contribution < 1.29 is 0 Å². The molecule has 4 N–H and O–H groups in total. The Balaban J connectivity index is 3.25. The lowest BCUT2D eigenvalue weighted by atomic mass is 10.4. The van der Waals surface area contributed by atoms with Gasteiger partial charge in [-0.15, -0.1) is 0 Å². The van der Waals surface area contributed by atoms with E-state index in [1.54, 1.807) is 0 Å². The molecule has 0 amide bonds. The molecule has 48 valence electrons. The summed E-state index contributed by atoms with van der Waals surface area (Å²) in [6, 6.07) is 0.325. The van der Waals surface area contributed by atoms with Crippen LogP contribution in [0.4, 0.5) is 0 Å². The van der Waals surface area contributed by atoms with Crippen molar-refractivity contribution in [2.45, 2.75) is 19.9 Å². The zero-order chi connectivity index (χ0) is 6.57. The number of rotatable bonds is 2. The molecule has 0 aliphatic heterocycles. The third-order valence-electron chi connectivity index (χ3n) is 0.667. The van der Waals surface area contributed by atoms with E-state index in [-0.39, 0.29) is 0 Å². The summed E-state index contributed by atoms with van der Waals surface area (Å²) in [4.78, 5) is 0. The van der Waals surface area contributed by atoms with Gasteiger partial charge < -0.3 is 11.1 Å². The van der Waals surface area contributed by atoms with Crippen LogP contribution in [0.3, 0.4) is 0 Å². The molecule has 0 aromatic carbocycles. The second-order valence-corrected chi connectivity index (χ2v) is 1.98. The smallest absolute Gasteiger partial charge is 0.107 e. The topological polar surface area (TPSA) is 61.9 Å². The van der Waals surface area contributed by atoms with E-state index in [4.69, 9.17) is 11.1 Å². The second kappa shape index (κ2) is 3.43. The largest absolute Gasteiger partial charge is 0.371 e. The molecule has 0 saturated carbocycles. The van der Waals surface area contributed by atoms with Gasteiger partial charge in [0.15, 0.2) is 0 Å². The summed E-state index contributed by atoms with van der Waals surface area (Å²) in [5.41, 5.74) is 5.13. The molecule has 0 spiro atoms. The minimum absolute atomic E-state index is 0.304. The molecule has 0 fully saturated rings. The Bertz CT molecular complexity index is 77.7. The van der Waals surface area contributed by atoms with Gasteiger partial charge in [0.25, 0.3) is 0 Å². The summed E-state index contributed by atoms with van der Waals surface area (Å²) in [6.45, 7) is 4.26. The first-order valence-corrected chi connectivity index (χ1v) is 2.71. The van der Waals surface area contributed by atoms with Crippen LogP contribution in [0.15, 0.2) is 0 Å². The van der Waals surface area contributed by atoms with Crippen molar-refractivity contribution in [1.82, 2.24) is 5.32 Å². The van der Waals surface area contributed by atoms with Gasteiger partial charge in [-0.2, -0.15) is 0 Å². The van der Waals surface area contributed by atoms with Gasteiger partial charge in [-0.05, 0) is 13.8 Å². The van der Waals surface area contributed by atoms with Crippen LogP contribution in [0.1, 0.15) is 13.8 Å². The highest BCUT2D eigenvalue weighted by Gasteiger charge is 1.92. The Hall–Kier alpha value is -0.570. The van der Waals surface area contributed by atoms with E-state index >= 15 is 0 Å². The second-order valence-electron chi connectivity index (χ2n) is 1.98. The van der Waals surface area contributed by atoms with E-state index in [0.717, 1.165) is 0 Å². The van der Waals surface area contributed by atoms with Crippen LogP contribution in [-0.4, -0.2) is 18.4 Å². The zero-order valence-electron chi connectivity index (χ0n) is 5.36. The van der Waals surface area contributed by atoms with Crippen molar-refractivity contribution >= 4 is 5.84 Å². The highest BCUT2D eigenvalue weighted by molar-refractivity contribution is 5.80. The third-order valence-corrected chi connectivity index (χ3v) is 0.667. The molecule has 8 heavy (non-hydrogen) atoms. The molecule has 3 nitrogen and oxygen atoms in total. The maximum atomic E-state index is 7.03. The zero-order valence-corrected chi connectivity index (χ0v) is 5.36. The molecular weight excluding hydrogens is 102 g/mol. The molecular formula is C5H13N3. The summed E-state index contributed by atoms with van der Waals surface area (Å²) in [6.07, 6.45) is 0. The fourth-order valence-corrected chi connectivity index (χ4v) is 0.407. The third kappa shape index (κ3) is 3.61. The summed E-state index contributed by atoms with van der Waals surface area (Å²) < 4.78 is 0. The summed E-state index contributed by atoms with van der Waals surface area (Å²) in [7, 11) is 0. The van der Waals surface area contributed by atoms with Crippen molar-refractivity contribution in [3.05, 3.63) is 0 Å². The van der Waals surface area contributed by atoms with Crippen LogP contribution in [0.25, 0.3) is 0 Å². The molecule has 0 aromatic rings. The Kier molecular flexibility index (Phi) is 3.19. The van der Waals surface area contributed by atoms with Crippen LogP contribution in [0.5, 0.6) is 0 Å². The first-order chi connectivity index (χ1) is 3.66. The molecule has 0 heterocycles.